The Bertz CT molecular complexity index is 854. The Morgan fingerprint density at radius 2 is 2.00 bits per heavy atom. The van der Waals surface area contributed by atoms with Gasteiger partial charge in [-0.25, -0.2) is 8.42 Å². The fraction of sp³-hybridized carbons (Fsp3) is 0.529. The van der Waals surface area contributed by atoms with E-state index in [0.29, 0.717) is 20.9 Å². The maximum absolute atomic E-state index is 12.5. The van der Waals surface area contributed by atoms with Crippen LogP contribution in [-0.2, 0) is 14.6 Å². The number of sulfone groups is 1. The van der Waals surface area contributed by atoms with E-state index in [9.17, 15) is 13.2 Å². The predicted octanol–water partition coefficient (Wildman–Crippen LogP) is 4.03. The monoisotopic (exact) mass is 434 g/mol. The van der Waals surface area contributed by atoms with Gasteiger partial charge in [-0.05, 0) is 31.0 Å². The summed E-state index contributed by atoms with van der Waals surface area (Å²) < 4.78 is 24.2. The molecule has 2 heterocycles. The summed E-state index contributed by atoms with van der Waals surface area (Å²) in [6, 6.07) is 4.73. The van der Waals surface area contributed by atoms with Gasteiger partial charge in [0.2, 0.25) is 0 Å². The second kappa shape index (κ2) is 7.70. The molecule has 0 bridgehead atoms. The van der Waals surface area contributed by atoms with Crippen molar-refractivity contribution in [1.29, 1.82) is 0 Å². The van der Waals surface area contributed by atoms with Crippen molar-refractivity contribution in [2.24, 2.45) is 10.9 Å². The Balaban J connectivity index is 2.04. The second-order valence-corrected chi connectivity index (χ2v) is 10.7. The van der Waals surface area contributed by atoms with Crippen LogP contribution in [0.4, 0.5) is 5.69 Å². The molecule has 0 spiro atoms. The SMILES string of the molecule is CCC(CC)C(=O)N=C1S[C@H]2CS(=O)(=O)C[C@@H]2N1c1cc(Cl)ccc1Cl. The molecule has 0 N–H and O–H groups in total. The predicted molar refractivity (Wildman–Crippen MR) is 109 cm³/mol. The minimum absolute atomic E-state index is 0.0195. The lowest BCUT2D eigenvalue weighted by atomic mass is 10.0. The van der Waals surface area contributed by atoms with E-state index in [4.69, 9.17) is 23.2 Å². The summed E-state index contributed by atoms with van der Waals surface area (Å²) in [6.07, 6.45) is 1.44. The number of carbonyl (C=O) groups excluding carboxylic acids is 1. The van der Waals surface area contributed by atoms with Crippen LogP contribution in [0.1, 0.15) is 26.7 Å². The van der Waals surface area contributed by atoms with Crippen molar-refractivity contribution >= 4 is 61.6 Å². The molecule has 26 heavy (non-hydrogen) atoms. The third-order valence-electron chi connectivity index (χ3n) is 4.77. The quantitative estimate of drug-likeness (QED) is 0.715. The van der Waals surface area contributed by atoms with Crippen LogP contribution in [-0.4, -0.2) is 42.3 Å². The summed E-state index contributed by atoms with van der Waals surface area (Å²) in [4.78, 5) is 18.7. The molecule has 2 atom stereocenters. The van der Waals surface area contributed by atoms with Gasteiger partial charge >= 0.3 is 0 Å². The molecule has 1 aromatic carbocycles. The number of amides is 1. The highest BCUT2D eigenvalue weighted by Crippen LogP contribution is 2.43. The lowest BCUT2D eigenvalue weighted by Crippen LogP contribution is -2.38. The summed E-state index contributed by atoms with van der Waals surface area (Å²) >= 11 is 13.8. The number of nitrogens with zero attached hydrogens (tertiary/aromatic N) is 2. The van der Waals surface area contributed by atoms with Gasteiger partial charge in [0.1, 0.15) is 0 Å². The topological polar surface area (TPSA) is 66.8 Å². The smallest absolute Gasteiger partial charge is 0.251 e. The van der Waals surface area contributed by atoms with Gasteiger partial charge in [0.05, 0.1) is 28.3 Å². The Labute approximate surface area is 168 Å². The number of carbonyl (C=O) groups is 1. The van der Waals surface area contributed by atoms with Crippen molar-refractivity contribution in [1.82, 2.24) is 0 Å². The van der Waals surface area contributed by atoms with Crippen LogP contribution < -0.4 is 4.90 Å². The molecule has 2 aliphatic heterocycles. The number of benzene rings is 1. The Morgan fingerprint density at radius 1 is 1.31 bits per heavy atom. The first-order chi connectivity index (χ1) is 12.3. The van der Waals surface area contributed by atoms with E-state index in [1.54, 1.807) is 23.1 Å². The van der Waals surface area contributed by atoms with Gasteiger partial charge in [-0.1, -0.05) is 48.8 Å². The zero-order valence-electron chi connectivity index (χ0n) is 14.5. The average Bonchev–Trinajstić information content (AvgIpc) is 3.02. The molecule has 0 radical (unpaired) electrons. The third-order valence-corrected chi connectivity index (χ3v) is 8.54. The molecule has 5 nitrogen and oxygen atoms in total. The van der Waals surface area contributed by atoms with Crippen LogP contribution in [0.2, 0.25) is 10.0 Å². The van der Waals surface area contributed by atoms with Crippen LogP contribution in [0.5, 0.6) is 0 Å². The molecule has 2 aliphatic rings. The molecule has 2 saturated heterocycles. The van der Waals surface area contributed by atoms with Crippen molar-refractivity contribution in [3.8, 4) is 0 Å². The largest absolute Gasteiger partial charge is 0.314 e. The normalized spacial score (nSPS) is 25.9. The first-order valence-corrected chi connectivity index (χ1v) is 11.9. The summed E-state index contributed by atoms with van der Waals surface area (Å²) in [5.74, 6) is -0.214. The first-order valence-electron chi connectivity index (χ1n) is 8.49. The van der Waals surface area contributed by atoms with E-state index in [-0.39, 0.29) is 34.6 Å². The summed E-state index contributed by atoms with van der Waals surface area (Å²) in [5, 5.41) is 1.28. The molecular weight excluding hydrogens is 415 g/mol. The average molecular weight is 435 g/mol. The van der Waals surface area contributed by atoms with Gasteiger partial charge < -0.3 is 4.90 Å². The molecular formula is C17H20Cl2N2O3S2. The van der Waals surface area contributed by atoms with Crippen LogP contribution in [0.3, 0.4) is 0 Å². The number of amidine groups is 1. The number of anilines is 1. The lowest BCUT2D eigenvalue weighted by molar-refractivity contribution is -0.121. The van der Waals surface area contributed by atoms with Crippen molar-refractivity contribution in [3.05, 3.63) is 28.2 Å². The summed E-state index contributed by atoms with van der Waals surface area (Å²) in [7, 11) is -3.13. The van der Waals surface area contributed by atoms with Gasteiger partial charge in [-0.15, -0.1) is 0 Å². The third kappa shape index (κ3) is 3.91. The summed E-state index contributed by atoms with van der Waals surface area (Å²) in [5.41, 5.74) is 0.590. The van der Waals surface area contributed by atoms with Crippen LogP contribution in [0, 0.1) is 5.92 Å². The van der Waals surface area contributed by atoms with Gasteiger partial charge in [-0.3, -0.25) is 4.79 Å². The molecule has 0 aromatic heterocycles. The number of fused-ring (bicyclic) bond motifs is 1. The second-order valence-electron chi connectivity index (χ2n) is 6.51. The van der Waals surface area contributed by atoms with E-state index in [1.807, 2.05) is 13.8 Å². The molecule has 3 rings (SSSR count). The fourth-order valence-electron chi connectivity index (χ4n) is 3.34. The van der Waals surface area contributed by atoms with Gasteiger partial charge in [-0.2, -0.15) is 4.99 Å². The van der Waals surface area contributed by atoms with E-state index in [1.165, 1.54) is 11.8 Å². The number of thioether (sulfide) groups is 1. The highest BCUT2D eigenvalue weighted by Gasteiger charge is 2.50. The number of halogens is 2. The van der Waals surface area contributed by atoms with E-state index in [2.05, 4.69) is 4.99 Å². The molecule has 0 saturated carbocycles. The zero-order chi connectivity index (χ0) is 19.1. The van der Waals surface area contributed by atoms with E-state index >= 15 is 0 Å². The highest BCUT2D eigenvalue weighted by atomic mass is 35.5. The Morgan fingerprint density at radius 3 is 2.65 bits per heavy atom. The molecule has 0 aliphatic carbocycles. The standard InChI is InChI=1S/C17H20Cl2N2O3S2/c1-3-10(4-2)16(22)20-17-21(13-7-11(18)5-6-12(13)19)14-8-26(23,24)9-15(14)25-17/h5-7,10,14-15H,3-4,8-9H2,1-2H3/t14-,15-/m0/s1. The Kier molecular flexibility index (Phi) is 5.92. The maximum Gasteiger partial charge on any atom is 0.251 e. The number of hydrogen-bond acceptors (Lipinski definition) is 4. The van der Waals surface area contributed by atoms with Crippen molar-refractivity contribution in [3.63, 3.8) is 0 Å². The molecule has 2 fully saturated rings. The first kappa shape index (κ1) is 20.0. The van der Waals surface area contributed by atoms with Crippen LogP contribution in [0.25, 0.3) is 0 Å². The molecule has 1 aromatic rings. The van der Waals surface area contributed by atoms with Crippen molar-refractivity contribution in [2.75, 3.05) is 16.4 Å². The minimum atomic E-state index is -3.13. The van der Waals surface area contributed by atoms with E-state index in [0.717, 1.165) is 12.8 Å². The number of hydrogen-bond donors (Lipinski definition) is 0. The highest BCUT2D eigenvalue weighted by molar-refractivity contribution is 8.16. The fourth-order valence-corrected chi connectivity index (χ4v) is 7.63. The molecule has 1 amide bonds. The van der Waals surface area contributed by atoms with Crippen molar-refractivity contribution < 1.29 is 13.2 Å². The Hall–Kier alpha value is -0.760. The number of aliphatic imine (C=N–C) groups is 1. The lowest BCUT2D eigenvalue weighted by Gasteiger charge is -2.26. The molecule has 0 unspecified atom stereocenters. The van der Waals surface area contributed by atoms with Crippen molar-refractivity contribution in [2.45, 2.75) is 38.0 Å². The van der Waals surface area contributed by atoms with Gasteiger partial charge in [0.15, 0.2) is 15.0 Å². The van der Waals surface area contributed by atoms with Gasteiger partial charge in [0.25, 0.3) is 5.91 Å². The summed E-state index contributed by atoms with van der Waals surface area (Å²) in [6.45, 7) is 3.92. The number of rotatable bonds is 4. The molecule has 9 heteroatoms. The molecule has 142 valence electrons. The zero-order valence-corrected chi connectivity index (χ0v) is 17.6. The van der Waals surface area contributed by atoms with Crippen LogP contribution >= 0.6 is 35.0 Å². The van der Waals surface area contributed by atoms with E-state index < -0.39 is 9.84 Å². The van der Waals surface area contributed by atoms with Gasteiger partial charge in [0, 0.05) is 16.2 Å². The van der Waals surface area contributed by atoms with Crippen LogP contribution in [0.15, 0.2) is 23.2 Å². The minimum Gasteiger partial charge on any atom is -0.314 e. The maximum atomic E-state index is 12.5.